The van der Waals surface area contributed by atoms with E-state index in [2.05, 4.69) is 0 Å². The maximum atomic E-state index is 12.7. The van der Waals surface area contributed by atoms with E-state index in [-0.39, 0.29) is 5.91 Å². The normalized spacial score (nSPS) is 10.6. The van der Waals surface area contributed by atoms with Crippen LogP contribution in [-0.4, -0.2) is 38.6 Å². The van der Waals surface area contributed by atoms with Crippen LogP contribution in [0.3, 0.4) is 0 Å². The smallest absolute Gasteiger partial charge is 0.253 e. The number of fused-ring (bicyclic) bond motifs is 1. The molecule has 0 heterocycles. The van der Waals surface area contributed by atoms with Crippen LogP contribution in [-0.2, 0) is 6.42 Å². The first-order valence-electron chi connectivity index (χ1n) is 8.57. The van der Waals surface area contributed by atoms with Crippen molar-refractivity contribution in [2.75, 3.05) is 27.8 Å². The van der Waals surface area contributed by atoms with Crippen LogP contribution in [0.25, 0.3) is 10.8 Å². The summed E-state index contributed by atoms with van der Waals surface area (Å²) in [5.74, 6) is 1.43. The van der Waals surface area contributed by atoms with Gasteiger partial charge in [0.1, 0.15) is 0 Å². The van der Waals surface area contributed by atoms with Crippen molar-refractivity contribution in [2.45, 2.75) is 6.42 Å². The highest BCUT2D eigenvalue weighted by atomic mass is 16.5. The van der Waals surface area contributed by atoms with Crippen molar-refractivity contribution >= 4 is 16.7 Å². The molecule has 0 saturated carbocycles. The molecule has 0 bridgehead atoms. The Morgan fingerprint density at radius 3 is 2.35 bits per heavy atom. The summed E-state index contributed by atoms with van der Waals surface area (Å²) in [6.45, 7) is 0.626. The largest absolute Gasteiger partial charge is 0.493 e. The lowest BCUT2D eigenvalue weighted by molar-refractivity contribution is 0.0797. The summed E-state index contributed by atoms with van der Waals surface area (Å²) in [4.78, 5) is 14.5. The van der Waals surface area contributed by atoms with Crippen LogP contribution < -0.4 is 9.47 Å². The molecule has 0 atom stereocenters. The topological polar surface area (TPSA) is 38.8 Å². The number of nitrogens with zero attached hydrogens (tertiary/aromatic N) is 1. The van der Waals surface area contributed by atoms with Crippen molar-refractivity contribution in [3.63, 3.8) is 0 Å². The first-order valence-corrected chi connectivity index (χ1v) is 8.57. The molecule has 0 saturated heterocycles. The molecule has 0 aromatic heterocycles. The molecule has 3 rings (SSSR count). The summed E-state index contributed by atoms with van der Waals surface area (Å²) >= 11 is 0. The summed E-state index contributed by atoms with van der Waals surface area (Å²) in [6.07, 6.45) is 0.746. The van der Waals surface area contributed by atoms with E-state index in [4.69, 9.17) is 9.47 Å². The van der Waals surface area contributed by atoms with Gasteiger partial charge in [-0.05, 0) is 47.0 Å². The summed E-state index contributed by atoms with van der Waals surface area (Å²) in [5, 5.41) is 2.21. The first-order chi connectivity index (χ1) is 12.6. The number of likely N-dealkylation sites (N-methyl/N-ethyl adjacent to an activating group) is 1. The number of carbonyl (C=O) groups excluding carboxylic acids is 1. The van der Waals surface area contributed by atoms with Gasteiger partial charge in [0.05, 0.1) is 14.2 Å². The monoisotopic (exact) mass is 349 g/mol. The van der Waals surface area contributed by atoms with Gasteiger partial charge in [-0.2, -0.15) is 0 Å². The second kappa shape index (κ2) is 7.91. The molecule has 0 radical (unpaired) electrons. The van der Waals surface area contributed by atoms with Crippen LogP contribution in [0.4, 0.5) is 0 Å². The SMILES string of the molecule is COc1ccc(CCN(C)C(=O)c2ccc3ccccc3c2)cc1OC. The van der Waals surface area contributed by atoms with Gasteiger partial charge in [-0.15, -0.1) is 0 Å². The predicted molar refractivity (Wildman–Crippen MR) is 104 cm³/mol. The van der Waals surface area contributed by atoms with Gasteiger partial charge in [-0.3, -0.25) is 4.79 Å². The van der Waals surface area contributed by atoms with Crippen LogP contribution in [0, 0.1) is 0 Å². The molecule has 0 unspecified atom stereocenters. The second-order valence-electron chi connectivity index (χ2n) is 6.23. The Morgan fingerprint density at radius 1 is 0.885 bits per heavy atom. The van der Waals surface area contributed by atoms with Crippen LogP contribution in [0.15, 0.2) is 60.7 Å². The molecule has 4 heteroatoms. The van der Waals surface area contributed by atoms with E-state index in [0.29, 0.717) is 23.6 Å². The molecule has 0 fully saturated rings. The second-order valence-corrected chi connectivity index (χ2v) is 6.23. The number of ether oxygens (including phenoxy) is 2. The van der Waals surface area contributed by atoms with E-state index < -0.39 is 0 Å². The molecule has 0 aliphatic heterocycles. The number of benzene rings is 3. The third kappa shape index (κ3) is 3.80. The van der Waals surface area contributed by atoms with Crippen molar-refractivity contribution in [3.8, 4) is 11.5 Å². The van der Waals surface area contributed by atoms with Crippen molar-refractivity contribution < 1.29 is 14.3 Å². The van der Waals surface area contributed by atoms with Gasteiger partial charge in [0.25, 0.3) is 5.91 Å². The summed E-state index contributed by atoms with van der Waals surface area (Å²) in [5.41, 5.74) is 1.80. The minimum Gasteiger partial charge on any atom is -0.493 e. The molecule has 134 valence electrons. The van der Waals surface area contributed by atoms with Crippen molar-refractivity contribution in [3.05, 3.63) is 71.8 Å². The van der Waals surface area contributed by atoms with E-state index in [1.54, 1.807) is 19.1 Å². The van der Waals surface area contributed by atoms with Crippen LogP contribution in [0.1, 0.15) is 15.9 Å². The van der Waals surface area contributed by atoms with Crippen molar-refractivity contribution in [1.29, 1.82) is 0 Å². The van der Waals surface area contributed by atoms with E-state index in [1.807, 2.05) is 67.7 Å². The fourth-order valence-corrected chi connectivity index (χ4v) is 2.98. The fraction of sp³-hybridized carbons (Fsp3) is 0.227. The van der Waals surface area contributed by atoms with E-state index >= 15 is 0 Å². The lowest BCUT2D eigenvalue weighted by Gasteiger charge is -2.18. The zero-order valence-corrected chi connectivity index (χ0v) is 15.4. The minimum atomic E-state index is 0.0243. The number of hydrogen-bond acceptors (Lipinski definition) is 3. The Bertz CT molecular complexity index is 920. The summed E-state index contributed by atoms with van der Waals surface area (Å²) in [7, 11) is 5.07. The minimum absolute atomic E-state index is 0.0243. The molecule has 26 heavy (non-hydrogen) atoms. The standard InChI is InChI=1S/C22H23NO3/c1-23(13-12-16-8-11-20(25-2)21(14-16)26-3)22(24)19-10-9-17-6-4-5-7-18(17)15-19/h4-11,14-15H,12-13H2,1-3H3. The summed E-state index contributed by atoms with van der Waals surface area (Å²) in [6, 6.07) is 19.7. The number of methoxy groups -OCH3 is 2. The van der Waals surface area contributed by atoms with Crippen LogP contribution in [0.2, 0.25) is 0 Å². The Balaban J connectivity index is 1.69. The molecule has 3 aromatic carbocycles. The number of amides is 1. The molecular formula is C22H23NO3. The average Bonchev–Trinajstić information content (AvgIpc) is 2.70. The van der Waals surface area contributed by atoms with E-state index in [1.165, 1.54) is 0 Å². The van der Waals surface area contributed by atoms with E-state index in [9.17, 15) is 4.79 Å². The highest BCUT2D eigenvalue weighted by molar-refractivity contribution is 5.98. The quantitative estimate of drug-likeness (QED) is 0.670. The first kappa shape index (κ1) is 17.8. The summed E-state index contributed by atoms with van der Waals surface area (Å²) < 4.78 is 10.6. The van der Waals surface area contributed by atoms with E-state index in [0.717, 1.165) is 22.8 Å². The lowest BCUT2D eigenvalue weighted by atomic mass is 10.1. The fourth-order valence-electron chi connectivity index (χ4n) is 2.98. The molecule has 0 N–H and O–H groups in total. The van der Waals surface area contributed by atoms with Crippen LogP contribution in [0.5, 0.6) is 11.5 Å². The maximum absolute atomic E-state index is 12.7. The van der Waals surface area contributed by atoms with Crippen molar-refractivity contribution in [1.82, 2.24) is 4.90 Å². The zero-order valence-electron chi connectivity index (χ0n) is 15.4. The predicted octanol–water partition coefficient (Wildman–Crippen LogP) is 4.17. The lowest BCUT2D eigenvalue weighted by Crippen LogP contribution is -2.28. The van der Waals surface area contributed by atoms with Gasteiger partial charge in [-0.25, -0.2) is 0 Å². The molecule has 0 spiro atoms. The Hall–Kier alpha value is -3.01. The van der Waals surface area contributed by atoms with Gasteiger partial charge in [0.2, 0.25) is 0 Å². The Labute approximate surface area is 154 Å². The zero-order chi connectivity index (χ0) is 18.5. The van der Waals surface area contributed by atoms with Gasteiger partial charge < -0.3 is 14.4 Å². The van der Waals surface area contributed by atoms with Crippen LogP contribution >= 0.6 is 0 Å². The Kier molecular flexibility index (Phi) is 5.42. The molecule has 1 amide bonds. The molecule has 4 nitrogen and oxygen atoms in total. The molecule has 3 aromatic rings. The maximum Gasteiger partial charge on any atom is 0.253 e. The third-order valence-corrected chi connectivity index (χ3v) is 4.53. The molecular weight excluding hydrogens is 326 g/mol. The van der Waals surface area contributed by atoms with Gasteiger partial charge in [0.15, 0.2) is 11.5 Å². The molecule has 0 aliphatic rings. The highest BCUT2D eigenvalue weighted by Gasteiger charge is 2.13. The van der Waals surface area contributed by atoms with Gasteiger partial charge >= 0.3 is 0 Å². The number of carbonyl (C=O) groups is 1. The third-order valence-electron chi connectivity index (χ3n) is 4.53. The molecule has 0 aliphatic carbocycles. The number of hydrogen-bond donors (Lipinski definition) is 0. The van der Waals surface area contributed by atoms with Gasteiger partial charge in [-0.1, -0.05) is 36.4 Å². The Morgan fingerprint density at radius 2 is 1.62 bits per heavy atom. The van der Waals surface area contributed by atoms with Crippen molar-refractivity contribution in [2.24, 2.45) is 0 Å². The number of rotatable bonds is 6. The highest BCUT2D eigenvalue weighted by Crippen LogP contribution is 2.27. The van der Waals surface area contributed by atoms with Gasteiger partial charge in [0, 0.05) is 19.2 Å². The average molecular weight is 349 g/mol.